The third-order valence-electron chi connectivity index (χ3n) is 7.78. The lowest BCUT2D eigenvalue weighted by Crippen LogP contribution is -2.50. The number of anilines is 1. The Labute approximate surface area is 210 Å². The number of amides is 1. The Morgan fingerprint density at radius 1 is 0.972 bits per heavy atom. The predicted octanol–water partition coefficient (Wildman–Crippen LogP) is 4.80. The molecule has 6 nitrogen and oxygen atoms in total. The molecule has 1 saturated heterocycles. The van der Waals surface area contributed by atoms with Crippen molar-refractivity contribution in [1.29, 1.82) is 0 Å². The third-order valence-corrected chi connectivity index (χ3v) is 7.78. The van der Waals surface area contributed by atoms with Crippen molar-refractivity contribution < 1.29 is 14.4 Å². The van der Waals surface area contributed by atoms with E-state index >= 15 is 0 Å². The van der Waals surface area contributed by atoms with Crippen molar-refractivity contribution in [3.05, 3.63) is 102 Å². The van der Waals surface area contributed by atoms with Gasteiger partial charge in [0, 0.05) is 23.5 Å². The molecule has 0 aliphatic carbocycles. The molecule has 36 heavy (non-hydrogen) atoms. The van der Waals surface area contributed by atoms with Crippen molar-refractivity contribution >= 4 is 29.2 Å². The molecule has 1 N–H and O–H groups in total. The Balaban J connectivity index is 1.70. The fourth-order valence-electron chi connectivity index (χ4n) is 6.28. The fraction of sp³-hybridized carbons (Fsp3) is 0.267. The van der Waals surface area contributed by atoms with Gasteiger partial charge in [-0.25, -0.2) is 0 Å². The molecule has 0 saturated carbocycles. The maximum Gasteiger partial charge on any atom is 0.238 e. The molecular weight excluding hydrogens is 450 g/mol. The number of nitrogens with zero attached hydrogens (tertiary/aromatic N) is 2. The third kappa shape index (κ3) is 2.90. The SMILES string of the molecule is CC(C)(C)C(=O)[C@@H]1[C@H](C(=O)c2ccccn2)[C@@]2(C(=O)Nc3ccccc32)[C@@H]2c3ccccc3C=CN12. The first-order valence-electron chi connectivity index (χ1n) is 12.2. The molecule has 6 rings (SSSR count). The van der Waals surface area contributed by atoms with Crippen molar-refractivity contribution in [3.63, 3.8) is 0 Å². The van der Waals surface area contributed by atoms with Gasteiger partial charge in [0.05, 0.1) is 18.0 Å². The second-order valence-electron chi connectivity index (χ2n) is 10.8. The highest BCUT2D eigenvalue weighted by Gasteiger charge is 2.71. The zero-order valence-corrected chi connectivity index (χ0v) is 20.4. The average molecular weight is 478 g/mol. The number of rotatable bonds is 3. The quantitative estimate of drug-likeness (QED) is 0.549. The van der Waals surface area contributed by atoms with Gasteiger partial charge in [0.25, 0.3) is 0 Å². The number of pyridine rings is 1. The van der Waals surface area contributed by atoms with Gasteiger partial charge in [-0.05, 0) is 41.0 Å². The molecule has 0 bridgehead atoms. The minimum atomic E-state index is -1.31. The second-order valence-corrected chi connectivity index (χ2v) is 10.8. The maximum absolute atomic E-state index is 14.4. The van der Waals surface area contributed by atoms with E-state index in [2.05, 4.69) is 10.3 Å². The van der Waals surface area contributed by atoms with Gasteiger partial charge in [-0.15, -0.1) is 0 Å². The Morgan fingerprint density at radius 3 is 2.44 bits per heavy atom. The summed E-state index contributed by atoms with van der Waals surface area (Å²) in [5.41, 5.74) is 1.53. The average Bonchev–Trinajstić information content (AvgIpc) is 3.35. The minimum absolute atomic E-state index is 0.0835. The van der Waals surface area contributed by atoms with Crippen LogP contribution in [0.5, 0.6) is 0 Å². The van der Waals surface area contributed by atoms with Crippen LogP contribution in [0.15, 0.2) is 79.1 Å². The number of carbonyl (C=O) groups excluding carboxylic acids is 3. The first-order chi connectivity index (χ1) is 17.3. The summed E-state index contributed by atoms with van der Waals surface area (Å²) < 4.78 is 0. The summed E-state index contributed by atoms with van der Waals surface area (Å²) in [5, 5.41) is 3.05. The first kappa shape index (κ1) is 22.4. The number of ketones is 2. The molecule has 2 aromatic carbocycles. The van der Waals surface area contributed by atoms with Crippen LogP contribution in [0, 0.1) is 11.3 Å². The molecule has 180 valence electrons. The van der Waals surface area contributed by atoms with E-state index in [1.807, 2.05) is 86.5 Å². The number of hydrogen-bond acceptors (Lipinski definition) is 5. The van der Waals surface area contributed by atoms with E-state index in [1.54, 1.807) is 24.4 Å². The lowest BCUT2D eigenvalue weighted by molar-refractivity contribution is -0.131. The fourth-order valence-corrected chi connectivity index (χ4v) is 6.28. The normalized spacial score (nSPS) is 25.8. The van der Waals surface area contributed by atoms with Crippen molar-refractivity contribution in [2.24, 2.45) is 11.3 Å². The second kappa shape index (κ2) is 7.72. The van der Waals surface area contributed by atoms with Crippen molar-refractivity contribution in [2.75, 3.05) is 5.32 Å². The summed E-state index contributed by atoms with van der Waals surface area (Å²) in [5.74, 6) is -1.61. The van der Waals surface area contributed by atoms with Gasteiger partial charge >= 0.3 is 0 Å². The van der Waals surface area contributed by atoms with E-state index in [4.69, 9.17) is 0 Å². The van der Waals surface area contributed by atoms with Crippen LogP contribution < -0.4 is 5.32 Å². The minimum Gasteiger partial charge on any atom is -0.358 e. The Morgan fingerprint density at radius 2 is 1.69 bits per heavy atom. The molecular formula is C30H27N3O3. The van der Waals surface area contributed by atoms with Crippen molar-refractivity contribution in [1.82, 2.24) is 9.88 Å². The summed E-state index contributed by atoms with van der Waals surface area (Å²) >= 11 is 0. The highest BCUT2D eigenvalue weighted by molar-refractivity contribution is 6.15. The molecule has 1 aromatic heterocycles. The van der Waals surface area contributed by atoms with Crippen LogP contribution in [-0.2, 0) is 15.0 Å². The number of fused-ring (bicyclic) bond motifs is 6. The van der Waals surface area contributed by atoms with Gasteiger partial charge in [-0.3, -0.25) is 19.4 Å². The molecule has 3 aromatic rings. The number of para-hydroxylation sites is 1. The molecule has 6 heteroatoms. The van der Waals surface area contributed by atoms with E-state index < -0.39 is 28.8 Å². The number of nitrogens with one attached hydrogen (secondary N) is 1. The summed E-state index contributed by atoms with van der Waals surface area (Å²) in [4.78, 5) is 49.1. The molecule has 3 aliphatic heterocycles. The van der Waals surface area contributed by atoms with E-state index in [0.29, 0.717) is 5.69 Å². The predicted molar refractivity (Wildman–Crippen MR) is 137 cm³/mol. The molecule has 4 atom stereocenters. The molecule has 3 aliphatic rings. The van der Waals surface area contributed by atoms with Gasteiger partial charge in [0.1, 0.15) is 11.1 Å². The lowest BCUT2D eigenvalue weighted by atomic mass is 9.62. The lowest BCUT2D eigenvalue weighted by Gasteiger charge is -2.38. The molecule has 1 fully saturated rings. The summed E-state index contributed by atoms with van der Waals surface area (Å²) in [6, 6.07) is 19.2. The van der Waals surface area contributed by atoms with E-state index in [9.17, 15) is 14.4 Å². The highest BCUT2D eigenvalue weighted by Crippen LogP contribution is 2.62. The van der Waals surface area contributed by atoms with Gasteiger partial charge in [0.15, 0.2) is 11.6 Å². The van der Waals surface area contributed by atoms with Crippen molar-refractivity contribution in [2.45, 2.75) is 38.3 Å². The molecule has 0 radical (unpaired) electrons. The number of hydrogen-bond donors (Lipinski definition) is 1. The maximum atomic E-state index is 14.4. The zero-order valence-electron chi connectivity index (χ0n) is 20.4. The molecule has 0 unspecified atom stereocenters. The Hall–Kier alpha value is -4.06. The molecule has 1 spiro atoms. The number of carbonyl (C=O) groups is 3. The Kier molecular flexibility index (Phi) is 4.80. The highest BCUT2D eigenvalue weighted by atomic mass is 16.2. The summed E-state index contributed by atoms with van der Waals surface area (Å²) in [6.07, 6.45) is 5.43. The summed E-state index contributed by atoms with van der Waals surface area (Å²) in [7, 11) is 0. The van der Waals surface area contributed by atoms with Crippen LogP contribution in [0.4, 0.5) is 5.69 Å². The van der Waals surface area contributed by atoms with Crippen LogP contribution in [0.25, 0.3) is 6.08 Å². The molecule has 1 amide bonds. The van der Waals surface area contributed by atoms with Crippen LogP contribution in [0.3, 0.4) is 0 Å². The van der Waals surface area contributed by atoms with Crippen LogP contribution >= 0.6 is 0 Å². The van der Waals surface area contributed by atoms with Crippen LogP contribution in [0.1, 0.15) is 54.0 Å². The van der Waals surface area contributed by atoms with E-state index in [1.165, 1.54) is 0 Å². The van der Waals surface area contributed by atoms with Crippen molar-refractivity contribution in [3.8, 4) is 0 Å². The van der Waals surface area contributed by atoms with Crippen LogP contribution in [-0.4, -0.2) is 33.4 Å². The zero-order chi connectivity index (χ0) is 25.2. The standard InChI is InChI=1S/C30H27N3O3/c1-29(2,3)27(35)24-23(25(34)22-14-8-9-16-31-22)30(20-12-6-7-13-21(20)32-28(30)36)26-19-11-5-4-10-18(19)15-17-33(24)26/h4-17,23-24,26H,1-3H3,(H,32,36)/t23-,24+,26+,30-/m1/s1. The van der Waals surface area contributed by atoms with E-state index in [-0.39, 0.29) is 23.2 Å². The van der Waals surface area contributed by atoms with Gasteiger partial charge in [-0.1, -0.05) is 69.3 Å². The number of aromatic nitrogens is 1. The Bertz CT molecular complexity index is 1440. The van der Waals surface area contributed by atoms with Gasteiger partial charge in [0.2, 0.25) is 5.91 Å². The largest absolute Gasteiger partial charge is 0.358 e. The van der Waals surface area contributed by atoms with E-state index in [0.717, 1.165) is 16.7 Å². The monoisotopic (exact) mass is 477 g/mol. The van der Waals surface area contributed by atoms with Gasteiger partial charge < -0.3 is 10.2 Å². The van der Waals surface area contributed by atoms with Crippen LogP contribution in [0.2, 0.25) is 0 Å². The number of benzene rings is 2. The smallest absolute Gasteiger partial charge is 0.238 e. The first-order valence-corrected chi connectivity index (χ1v) is 12.2. The summed E-state index contributed by atoms with van der Waals surface area (Å²) in [6.45, 7) is 5.59. The molecule has 4 heterocycles. The number of Topliss-reactive ketones (excluding diaryl/α,β-unsaturated/α-hetero) is 2. The topological polar surface area (TPSA) is 79.4 Å². The van der Waals surface area contributed by atoms with Gasteiger partial charge in [-0.2, -0.15) is 0 Å².